The summed E-state index contributed by atoms with van der Waals surface area (Å²) in [5.74, 6) is 1.17. The van der Waals surface area contributed by atoms with E-state index in [1.165, 1.54) is 13.8 Å². The molecule has 0 bridgehead atoms. The molecule has 0 atom stereocenters. The number of nitrogens with two attached hydrogens (primary N) is 1. The van der Waals surface area contributed by atoms with Gasteiger partial charge in [0, 0.05) is 7.05 Å². The molecule has 0 saturated carbocycles. The van der Waals surface area contributed by atoms with E-state index < -0.39 is 5.67 Å². The number of rotatable bonds is 6. The standard InChI is InChI=1S/C17H24FN5O/c1-11-8-12(2)10-13(9-11)24-7-6-23(5)16-21-14(17(3,4)18)20-15(19)22-16/h8-10H,6-7H2,1-5H3,(H2,19,20,21,22). The smallest absolute Gasteiger partial charge is 0.230 e. The maximum absolute atomic E-state index is 14.0. The van der Waals surface area contributed by atoms with Crippen LogP contribution in [-0.4, -0.2) is 35.2 Å². The number of alkyl halides is 1. The van der Waals surface area contributed by atoms with Crippen LogP contribution >= 0.6 is 0 Å². The summed E-state index contributed by atoms with van der Waals surface area (Å²) in [4.78, 5) is 13.8. The summed E-state index contributed by atoms with van der Waals surface area (Å²) in [6.45, 7) is 7.80. The van der Waals surface area contributed by atoms with E-state index in [1.807, 2.05) is 26.0 Å². The van der Waals surface area contributed by atoms with Gasteiger partial charge in [-0.3, -0.25) is 0 Å². The van der Waals surface area contributed by atoms with Gasteiger partial charge >= 0.3 is 0 Å². The molecule has 24 heavy (non-hydrogen) atoms. The van der Waals surface area contributed by atoms with Crippen LogP contribution in [0.4, 0.5) is 16.3 Å². The van der Waals surface area contributed by atoms with Crippen molar-refractivity contribution in [2.75, 3.05) is 30.8 Å². The number of anilines is 2. The highest BCUT2D eigenvalue weighted by Gasteiger charge is 2.24. The molecule has 0 radical (unpaired) electrons. The molecule has 0 amide bonds. The molecular formula is C17H24FN5O. The number of benzene rings is 1. The predicted molar refractivity (Wildman–Crippen MR) is 93.1 cm³/mol. The zero-order valence-corrected chi connectivity index (χ0v) is 14.8. The summed E-state index contributed by atoms with van der Waals surface area (Å²) in [6.07, 6.45) is 0. The maximum atomic E-state index is 14.0. The van der Waals surface area contributed by atoms with Crippen LogP contribution in [0, 0.1) is 13.8 Å². The zero-order chi connectivity index (χ0) is 17.9. The van der Waals surface area contributed by atoms with Crippen molar-refractivity contribution in [1.29, 1.82) is 0 Å². The normalized spacial score (nSPS) is 11.4. The maximum Gasteiger partial charge on any atom is 0.230 e. The molecule has 0 spiro atoms. The van der Waals surface area contributed by atoms with Crippen LogP contribution < -0.4 is 15.4 Å². The molecule has 7 heteroatoms. The molecule has 1 aromatic heterocycles. The molecule has 6 nitrogen and oxygen atoms in total. The fourth-order valence-corrected chi connectivity index (χ4v) is 2.23. The Kier molecular flexibility index (Phi) is 5.21. The topological polar surface area (TPSA) is 77.2 Å². The minimum Gasteiger partial charge on any atom is -0.492 e. The average Bonchev–Trinajstić information content (AvgIpc) is 2.44. The molecule has 0 aliphatic carbocycles. The van der Waals surface area contributed by atoms with Gasteiger partial charge in [0.2, 0.25) is 11.9 Å². The largest absolute Gasteiger partial charge is 0.492 e. The first-order valence-electron chi connectivity index (χ1n) is 7.78. The number of halogens is 1. The van der Waals surface area contributed by atoms with Gasteiger partial charge in [-0.25, -0.2) is 4.39 Å². The first-order chi connectivity index (χ1) is 11.1. The van der Waals surface area contributed by atoms with Gasteiger partial charge in [0.15, 0.2) is 11.5 Å². The predicted octanol–water partition coefficient (Wildman–Crippen LogP) is 2.79. The Morgan fingerprint density at radius 2 is 1.75 bits per heavy atom. The molecule has 0 saturated heterocycles. The summed E-state index contributed by atoms with van der Waals surface area (Å²) in [6, 6.07) is 6.06. The molecule has 2 rings (SSSR count). The number of nitrogen functional groups attached to an aromatic ring is 1. The highest BCUT2D eigenvalue weighted by Crippen LogP contribution is 2.22. The van der Waals surface area contributed by atoms with Crippen LogP contribution in [-0.2, 0) is 5.67 Å². The van der Waals surface area contributed by atoms with Crippen molar-refractivity contribution >= 4 is 11.9 Å². The van der Waals surface area contributed by atoms with Gasteiger partial charge in [0.05, 0.1) is 6.54 Å². The van der Waals surface area contributed by atoms with E-state index >= 15 is 0 Å². The molecule has 0 aliphatic rings. The third-order valence-electron chi connectivity index (χ3n) is 3.40. The number of hydrogen-bond donors (Lipinski definition) is 1. The zero-order valence-electron chi connectivity index (χ0n) is 14.8. The Balaban J connectivity index is 2.02. The average molecular weight is 333 g/mol. The Labute approximate surface area is 141 Å². The van der Waals surface area contributed by atoms with Gasteiger partial charge in [-0.05, 0) is 51.0 Å². The minimum absolute atomic E-state index is 0.00259. The highest BCUT2D eigenvalue weighted by atomic mass is 19.1. The summed E-state index contributed by atoms with van der Waals surface area (Å²) in [5, 5.41) is 0. The third-order valence-corrected chi connectivity index (χ3v) is 3.40. The summed E-state index contributed by atoms with van der Waals surface area (Å²) >= 11 is 0. The van der Waals surface area contributed by atoms with E-state index in [9.17, 15) is 4.39 Å². The van der Waals surface area contributed by atoms with Crippen LogP contribution in [0.3, 0.4) is 0 Å². The second kappa shape index (κ2) is 6.98. The number of likely N-dealkylation sites (N-methyl/N-ethyl adjacent to an activating group) is 1. The van der Waals surface area contributed by atoms with Crippen LogP contribution in [0.1, 0.15) is 30.8 Å². The van der Waals surface area contributed by atoms with Crippen LogP contribution in [0.25, 0.3) is 0 Å². The lowest BCUT2D eigenvalue weighted by molar-refractivity contribution is 0.206. The molecule has 1 aromatic carbocycles. The number of nitrogens with zero attached hydrogens (tertiary/aromatic N) is 4. The number of aromatic nitrogens is 3. The van der Waals surface area contributed by atoms with Crippen molar-refractivity contribution in [3.8, 4) is 5.75 Å². The van der Waals surface area contributed by atoms with Crippen LogP contribution in [0.2, 0.25) is 0 Å². The Morgan fingerprint density at radius 3 is 2.33 bits per heavy atom. The number of aryl methyl sites for hydroxylation is 2. The molecule has 130 valence electrons. The lowest BCUT2D eigenvalue weighted by atomic mass is 10.1. The van der Waals surface area contributed by atoms with Gasteiger partial charge in [-0.15, -0.1) is 0 Å². The van der Waals surface area contributed by atoms with Crippen molar-refractivity contribution in [3.63, 3.8) is 0 Å². The SMILES string of the molecule is Cc1cc(C)cc(OCCN(C)c2nc(N)nc(C(C)(C)F)n2)c1. The van der Waals surface area contributed by atoms with E-state index in [4.69, 9.17) is 10.5 Å². The van der Waals surface area contributed by atoms with Crippen molar-refractivity contribution < 1.29 is 9.13 Å². The molecular weight excluding hydrogens is 309 g/mol. The summed E-state index contributed by atoms with van der Waals surface area (Å²) < 4.78 is 19.8. The Morgan fingerprint density at radius 1 is 1.12 bits per heavy atom. The van der Waals surface area contributed by atoms with E-state index in [1.54, 1.807) is 11.9 Å². The van der Waals surface area contributed by atoms with Gasteiger partial charge in [0.1, 0.15) is 12.4 Å². The molecule has 0 fully saturated rings. The summed E-state index contributed by atoms with van der Waals surface area (Å²) in [5.41, 5.74) is 6.28. The van der Waals surface area contributed by atoms with E-state index in [0.29, 0.717) is 19.1 Å². The fraction of sp³-hybridized carbons (Fsp3) is 0.471. The first-order valence-corrected chi connectivity index (χ1v) is 7.78. The van der Waals surface area contributed by atoms with Crippen molar-refractivity contribution in [2.24, 2.45) is 0 Å². The monoisotopic (exact) mass is 333 g/mol. The van der Waals surface area contributed by atoms with Gasteiger partial charge in [-0.2, -0.15) is 15.0 Å². The van der Waals surface area contributed by atoms with Gasteiger partial charge in [0.25, 0.3) is 0 Å². The van der Waals surface area contributed by atoms with Crippen molar-refractivity contribution in [3.05, 3.63) is 35.2 Å². The number of hydrogen-bond acceptors (Lipinski definition) is 6. The van der Waals surface area contributed by atoms with E-state index in [0.717, 1.165) is 16.9 Å². The number of ether oxygens (including phenoxy) is 1. The van der Waals surface area contributed by atoms with E-state index in [-0.39, 0.29) is 11.8 Å². The lowest BCUT2D eigenvalue weighted by Crippen LogP contribution is -2.28. The first kappa shape index (κ1) is 17.9. The van der Waals surface area contributed by atoms with Crippen LogP contribution in [0.15, 0.2) is 18.2 Å². The second-order valence-corrected chi connectivity index (χ2v) is 6.38. The lowest BCUT2D eigenvalue weighted by Gasteiger charge is -2.20. The molecule has 0 unspecified atom stereocenters. The van der Waals surface area contributed by atoms with Gasteiger partial charge in [-0.1, -0.05) is 6.07 Å². The third kappa shape index (κ3) is 4.78. The molecule has 2 aromatic rings. The summed E-state index contributed by atoms with van der Waals surface area (Å²) in [7, 11) is 1.80. The highest BCUT2D eigenvalue weighted by molar-refractivity contribution is 5.35. The van der Waals surface area contributed by atoms with E-state index in [2.05, 4.69) is 21.0 Å². The fourth-order valence-electron chi connectivity index (χ4n) is 2.23. The molecule has 2 N–H and O–H groups in total. The molecule has 0 aliphatic heterocycles. The van der Waals surface area contributed by atoms with Crippen molar-refractivity contribution in [1.82, 2.24) is 15.0 Å². The minimum atomic E-state index is -1.68. The molecule has 1 heterocycles. The Bertz CT molecular complexity index is 694. The van der Waals surface area contributed by atoms with Gasteiger partial charge < -0.3 is 15.4 Å². The Hall–Kier alpha value is -2.44. The second-order valence-electron chi connectivity index (χ2n) is 6.38. The van der Waals surface area contributed by atoms with Crippen LogP contribution in [0.5, 0.6) is 5.75 Å². The van der Waals surface area contributed by atoms with Crippen molar-refractivity contribution in [2.45, 2.75) is 33.4 Å². The quantitative estimate of drug-likeness (QED) is 0.876.